The van der Waals surface area contributed by atoms with Gasteiger partial charge in [0.05, 0.1) is 5.92 Å². The molecule has 2 heteroatoms. The third kappa shape index (κ3) is 3.32. The summed E-state index contributed by atoms with van der Waals surface area (Å²) in [5.41, 5.74) is 0. The average Bonchev–Trinajstić information content (AvgIpc) is 2.12. The number of carboxylic acid groups (broad SMARTS) is 1. The first-order valence-electron chi connectivity index (χ1n) is 5.51. The summed E-state index contributed by atoms with van der Waals surface area (Å²) in [6, 6.07) is 0. The summed E-state index contributed by atoms with van der Waals surface area (Å²) in [6.45, 7) is 12.6. The molecule has 0 fully saturated rings. The molecular formula is C12H24O2. The van der Waals surface area contributed by atoms with Gasteiger partial charge in [-0.15, -0.1) is 0 Å². The highest BCUT2D eigenvalue weighted by Crippen LogP contribution is 2.30. The predicted octanol–water partition coefficient (Wildman–Crippen LogP) is 3.27. The minimum absolute atomic E-state index is 0.241. The number of hydrogen-bond acceptors (Lipinski definition) is 1. The maximum absolute atomic E-state index is 10.8. The minimum atomic E-state index is -0.680. The first kappa shape index (κ1) is 13.5. The molecule has 2 nitrogen and oxygen atoms in total. The Morgan fingerprint density at radius 3 is 1.57 bits per heavy atom. The van der Waals surface area contributed by atoms with Gasteiger partial charge in [0.15, 0.2) is 0 Å². The van der Waals surface area contributed by atoms with Crippen molar-refractivity contribution in [2.24, 2.45) is 29.6 Å². The van der Waals surface area contributed by atoms with Gasteiger partial charge in [0.2, 0.25) is 0 Å². The Morgan fingerprint density at radius 1 is 0.857 bits per heavy atom. The smallest absolute Gasteiger partial charge is 0.306 e. The van der Waals surface area contributed by atoms with Crippen LogP contribution in [-0.2, 0) is 4.79 Å². The van der Waals surface area contributed by atoms with Crippen LogP contribution in [0, 0.1) is 29.6 Å². The molecule has 0 saturated carbocycles. The van der Waals surface area contributed by atoms with Gasteiger partial charge in [-0.2, -0.15) is 0 Å². The second-order valence-corrected chi connectivity index (χ2v) is 4.95. The van der Waals surface area contributed by atoms with Gasteiger partial charge in [-0.1, -0.05) is 41.5 Å². The van der Waals surface area contributed by atoms with Gasteiger partial charge in [0.25, 0.3) is 0 Å². The second-order valence-electron chi connectivity index (χ2n) is 4.95. The first-order valence-corrected chi connectivity index (χ1v) is 5.51. The fraction of sp³-hybridized carbons (Fsp3) is 0.917. The molecule has 0 heterocycles. The SMILES string of the molecule is CC(C)C(C)C(C)C(C)C(C)C(=O)O. The summed E-state index contributed by atoms with van der Waals surface area (Å²) in [5, 5.41) is 8.92. The lowest BCUT2D eigenvalue weighted by atomic mass is 9.74. The van der Waals surface area contributed by atoms with Crippen LogP contribution in [0.25, 0.3) is 0 Å². The van der Waals surface area contributed by atoms with E-state index >= 15 is 0 Å². The van der Waals surface area contributed by atoms with Gasteiger partial charge in [0, 0.05) is 0 Å². The minimum Gasteiger partial charge on any atom is -0.481 e. The van der Waals surface area contributed by atoms with Gasteiger partial charge in [-0.3, -0.25) is 4.79 Å². The summed E-state index contributed by atoms with van der Waals surface area (Å²) >= 11 is 0. The molecule has 0 aliphatic carbocycles. The summed E-state index contributed by atoms with van der Waals surface area (Å²) in [4.78, 5) is 10.8. The first-order chi connectivity index (χ1) is 6.29. The third-order valence-corrected chi connectivity index (χ3v) is 3.89. The Hall–Kier alpha value is -0.530. The fourth-order valence-electron chi connectivity index (χ4n) is 1.77. The molecule has 4 atom stereocenters. The van der Waals surface area contributed by atoms with Crippen LogP contribution in [0.5, 0.6) is 0 Å². The molecule has 0 radical (unpaired) electrons. The zero-order chi connectivity index (χ0) is 11.5. The summed E-state index contributed by atoms with van der Waals surface area (Å²) in [6.07, 6.45) is 0. The van der Waals surface area contributed by atoms with Crippen LogP contribution < -0.4 is 0 Å². The van der Waals surface area contributed by atoms with Crippen LogP contribution in [0.1, 0.15) is 41.5 Å². The molecule has 0 rings (SSSR count). The zero-order valence-electron chi connectivity index (χ0n) is 10.2. The van der Waals surface area contributed by atoms with Crippen LogP contribution in [-0.4, -0.2) is 11.1 Å². The number of hydrogen-bond donors (Lipinski definition) is 1. The number of aliphatic carboxylic acids is 1. The molecule has 14 heavy (non-hydrogen) atoms. The molecular weight excluding hydrogens is 176 g/mol. The number of carboxylic acids is 1. The van der Waals surface area contributed by atoms with Gasteiger partial charge in [0.1, 0.15) is 0 Å². The number of carbonyl (C=O) groups is 1. The molecule has 4 unspecified atom stereocenters. The Bertz CT molecular complexity index is 187. The van der Waals surface area contributed by atoms with E-state index in [2.05, 4.69) is 27.7 Å². The highest BCUT2D eigenvalue weighted by molar-refractivity contribution is 5.69. The molecule has 0 aliphatic rings. The van der Waals surface area contributed by atoms with Crippen molar-refractivity contribution >= 4 is 5.97 Å². The largest absolute Gasteiger partial charge is 0.481 e. The van der Waals surface area contributed by atoms with Crippen molar-refractivity contribution in [3.05, 3.63) is 0 Å². The van der Waals surface area contributed by atoms with Crippen molar-refractivity contribution in [3.63, 3.8) is 0 Å². The van der Waals surface area contributed by atoms with Crippen molar-refractivity contribution in [3.8, 4) is 0 Å². The van der Waals surface area contributed by atoms with E-state index in [4.69, 9.17) is 5.11 Å². The quantitative estimate of drug-likeness (QED) is 0.739. The lowest BCUT2D eigenvalue weighted by molar-refractivity contribution is -0.143. The van der Waals surface area contributed by atoms with Crippen LogP contribution in [0.4, 0.5) is 0 Å². The average molecular weight is 200 g/mol. The molecule has 0 saturated heterocycles. The number of rotatable bonds is 5. The third-order valence-electron chi connectivity index (χ3n) is 3.89. The Labute approximate surface area is 87.7 Å². The van der Waals surface area contributed by atoms with Crippen LogP contribution >= 0.6 is 0 Å². The highest BCUT2D eigenvalue weighted by Gasteiger charge is 2.28. The standard InChI is InChI=1S/C12H24O2/c1-7(2)8(3)9(4)10(5)11(6)12(13)14/h7-11H,1-6H3,(H,13,14). The van der Waals surface area contributed by atoms with Crippen molar-refractivity contribution in [2.45, 2.75) is 41.5 Å². The Morgan fingerprint density at radius 2 is 1.29 bits per heavy atom. The predicted molar refractivity (Wildman–Crippen MR) is 59.1 cm³/mol. The molecule has 84 valence electrons. The zero-order valence-corrected chi connectivity index (χ0v) is 10.2. The summed E-state index contributed by atoms with van der Waals surface area (Å²) in [7, 11) is 0. The van der Waals surface area contributed by atoms with E-state index in [1.165, 1.54) is 0 Å². The van der Waals surface area contributed by atoms with E-state index in [-0.39, 0.29) is 11.8 Å². The van der Waals surface area contributed by atoms with Crippen LogP contribution in [0.2, 0.25) is 0 Å². The normalized spacial score (nSPS) is 20.2. The Kier molecular flexibility index (Phi) is 5.17. The van der Waals surface area contributed by atoms with Crippen molar-refractivity contribution in [1.82, 2.24) is 0 Å². The Balaban J connectivity index is 4.37. The summed E-state index contributed by atoms with van der Waals surface area (Å²) in [5.74, 6) is 0.970. The van der Waals surface area contributed by atoms with Crippen LogP contribution in [0.3, 0.4) is 0 Å². The van der Waals surface area contributed by atoms with Gasteiger partial charge in [-0.05, 0) is 23.7 Å². The summed E-state index contributed by atoms with van der Waals surface area (Å²) < 4.78 is 0. The van der Waals surface area contributed by atoms with E-state index in [1.807, 2.05) is 6.92 Å². The van der Waals surface area contributed by atoms with Gasteiger partial charge in [-0.25, -0.2) is 0 Å². The molecule has 0 aromatic rings. The molecule has 0 aliphatic heterocycles. The van der Waals surface area contributed by atoms with Crippen LogP contribution in [0.15, 0.2) is 0 Å². The van der Waals surface area contributed by atoms with E-state index in [0.29, 0.717) is 17.8 Å². The maximum atomic E-state index is 10.8. The van der Waals surface area contributed by atoms with E-state index in [1.54, 1.807) is 6.92 Å². The van der Waals surface area contributed by atoms with E-state index in [9.17, 15) is 4.79 Å². The molecule has 0 amide bonds. The topological polar surface area (TPSA) is 37.3 Å². The molecule has 0 bridgehead atoms. The van der Waals surface area contributed by atoms with Crippen molar-refractivity contribution < 1.29 is 9.90 Å². The molecule has 0 spiro atoms. The molecule has 0 aromatic carbocycles. The lowest BCUT2D eigenvalue weighted by Gasteiger charge is -2.30. The highest BCUT2D eigenvalue weighted by atomic mass is 16.4. The van der Waals surface area contributed by atoms with Crippen molar-refractivity contribution in [1.29, 1.82) is 0 Å². The van der Waals surface area contributed by atoms with Gasteiger partial charge < -0.3 is 5.11 Å². The van der Waals surface area contributed by atoms with E-state index in [0.717, 1.165) is 0 Å². The van der Waals surface area contributed by atoms with Crippen molar-refractivity contribution in [2.75, 3.05) is 0 Å². The van der Waals surface area contributed by atoms with Gasteiger partial charge >= 0.3 is 5.97 Å². The molecule has 1 N–H and O–H groups in total. The van der Waals surface area contributed by atoms with E-state index < -0.39 is 5.97 Å². The molecule has 0 aromatic heterocycles. The maximum Gasteiger partial charge on any atom is 0.306 e. The fourth-order valence-corrected chi connectivity index (χ4v) is 1.77. The second kappa shape index (κ2) is 5.38. The monoisotopic (exact) mass is 200 g/mol. The lowest BCUT2D eigenvalue weighted by Crippen LogP contribution is -2.29.